The normalized spacial score (nSPS) is 16.7. The molecule has 1 aliphatic carbocycles. The van der Waals surface area contributed by atoms with Crippen molar-refractivity contribution < 1.29 is 13.2 Å². The number of fused-ring (bicyclic) bond motifs is 2. The third-order valence-corrected chi connectivity index (χ3v) is 7.35. The molecular formula is C22H26N2O3S. The van der Waals surface area contributed by atoms with Crippen LogP contribution in [0.15, 0.2) is 41.3 Å². The van der Waals surface area contributed by atoms with Gasteiger partial charge in [-0.25, -0.2) is 13.1 Å². The minimum absolute atomic E-state index is 0.0673. The van der Waals surface area contributed by atoms with Crippen molar-refractivity contribution >= 4 is 21.6 Å². The second-order valence-corrected chi connectivity index (χ2v) is 9.38. The average molecular weight is 399 g/mol. The molecule has 1 atom stereocenters. The third-order valence-electron chi connectivity index (χ3n) is 5.81. The molecule has 1 amide bonds. The van der Waals surface area contributed by atoms with Gasteiger partial charge in [-0.05, 0) is 73.1 Å². The molecule has 2 aliphatic rings. The van der Waals surface area contributed by atoms with Crippen molar-refractivity contribution in [2.45, 2.75) is 56.9 Å². The second-order valence-electron chi connectivity index (χ2n) is 7.66. The predicted molar refractivity (Wildman–Crippen MR) is 110 cm³/mol. The average Bonchev–Trinajstić information content (AvgIpc) is 3.32. The van der Waals surface area contributed by atoms with Gasteiger partial charge in [-0.2, -0.15) is 0 Å². The van der Waals surface area contributed by atoms with Crippen LogP contribution in [0.3, 0.4) is 0 Å². The van der Waals surface area contributed by atoms with Crippen LogP contribution in [-0.4, -0.2) is 20.9 Å². The highest BCUT2D eigenvalue weighted by atomic mass is 32.2. The maximum absolute atomic E-state index is 12.9. The van der Waals surface area contributed by atoms with Gasteiger partial charge in [0.15, 0.2) is 0 Å². The molecular weight excluding hydrogens is 372 g/mol. The number of amides is 1. The lowest BCUT2D eigenvalue weighted by atomic mass is 10.0. The number of aryl methyl sites for hydroxylation is 2. The Morgan fingerprint density at radius 2 is 1.86 bits per heavy atom. The molecule has 28 heavy (non-hydrogen) atoms. The van der Waals surface area contributed by atoms with Crippen molar-refractivity contribution in [1.82, 2.24) is 4.72 Å². The fraction of sp³-hybridized carbons (Fsp3) is 0.409. The molecule has 1 heterocycles. The summed E-state index contributed by atoms with van der Waals surface area (Å²) in [6.45, 7) is 4.33. The Kier molecular flexibility index (Phi) is 5.02. The molecule has 0 fully saturated rings. The number of rotatable bonds is 5. The first-order chi connectivity index (χ1) is 13.4. The quantitative estimate of drug-likeness (QED) is 0.838. The van der Waals surface area contributed by atoms with Gasteiger partial charge in [0.05, 0.1) is 4.90 Å². The van der Waals surface area contributed by atoms with Crippen LogP contribution in [-0.2, 0) is 34.1 Å². The Morgan fingerprint density at radius 1 is 1.07 bits per heavy atom. The molecule has 1 N–H and O–H groups in total. The zero-order chi connectivity index (χ0) is 19.9. The summed E-state index contributed by atoms with van der Waals surface area (Å²) in [5.41, 5.74) is 5.45. The molecule has 0 radical (unpaired) electrons. The zero-order valence-electron chi connectivity index (χ0n) is 16.4. The highest BCUT2D eigenvalue weighted by Crippen LogP contribution is 2.31. The number of hydrogen-bond donors (Lipinski definition) is 1. The van der Waals surface area contributed by atoms with Gasteiger partial charge in [-0.1, -0.05) is 25.1 Å². The van der Waals surface area contributed by atoms with E-state index in [0.717, 1.165) is 29.7 Å². The van der Waals surface area contributed by atoms with E-state index in [2.05, 4.69) is 16.9 Å². The molecule has 2 aromatic rings. The lowest BCUT2D eigenvalue weighted by Crippen LogP contribution is -2.28. The minimum atomic E-state index is -3.64. The highest BCUT2D eigenvalue weighted by Gasteiger charge is 2.26. The molecule has 1 aliphatic heterocycles. The van der Waals surface area contributed by atoms with E-state index >= 15 is 0 Å². The van der Waals surface area contributed by atoms with Gasteiger partial charge in [0, 0.05) is 24.7 Å². The highest BCUT2D eigenvalue weighted by molar-refractivity contribution is 7.89. The molecule has 0 saturated carbocycles. The number of benzene rings is 2. The summed E-state index contributed by atoms with van der Waals surface area (Å²) < 4.78 is 28.7. The Hall–Kier alpha value is -2.18. The number of sulfonamides is 1. The van der Waals surface area contributed by atoms with Crippen LogP contribution in [0.5, 0.6) is 0 Å². The number of carbonyl (C=O) groups excluding carboxylic acids is 1. The fourth-order valence-electron chi connectivity index (χ4n) is 4.23. The summed E-state index contributed by atoms with van der Waals surface area (Å²) in [7, 11) is -3.64. The lowest BCUT2D eigenvalue weighted by Gasteiger charge is -2.18. The van der Waals surface area contributed by atoms with E-state index in [1.807, 2.05) is 19.9 Å². The molecule has 0 spiro atoms. The van der Waals surface area contributed by atoms with Crippen molar-refractivity contribution in [3.63, 3.8) is 0 Å². The summed E-state index contributed by atoms with van der Waals surface area (Å²) in [4.78, 5) is 14.0. The van der Waals surface area contributed by atoms with E-state index in [1.54, 1.807) is 23.1 Å². The van der Waals surface area contributed by atoms with Crippen molar-refractivity contribution in [3.05, 3.63) is 58.7 Å². The Balaban J connectivity index is 1.55. The summed E-state index contributed by atoms with van der Waals surface area (Å²) in [6.07, 6.45) is 4.48. The van der Waals surface area contributed by atoms with Gasteiger partial charge in [0.2, 0.25) is 15.9 Å². The maximum atomic E-state index is 12.9. The standard InChI is InChI=1S/C22H26N2O3S/c1-3-22(25)24-12-11-19-14-20(9-10-21(19)24)28(26,27)23-15(2)17-8-7-16-5-4-6-18(16)13-17/h7-10,13-15,23H,3-6,11-12H2,1-2H3/t15-/m1/s1. The van der Waals surface area contributed by atoms with Crippen molar-refractivity contribution in [2.75, 3.05) is 11.4 Å². The van der Waals surface area contributed by atoms with E-state index in [-0.39, 0.29) is 16.8 Å². The van der Waals surface area contributed by atoms with Crippen molar-refractivity contribution in [1.29, 1.82) is 0 Å². The van der Waals surface area contributed by atoms with Crippen LogP contribution in [0.4, 0.5) is 5.69 Å². The predicted octanol–water partition coefficient (Wildman–Crippen LogP) is 3.51. The number of nitrogens with zero attached hydrogens (tertiary/aromatic N) is 1. The number of carbonyl (C=O) groups is 1. The molecule has 5 nitrogen and oxygen atoms in total. The SMILES string of the molecule is CCC(=O)N1CCc2cc(S(=O)(=O)N[C@H](C)c3ccc4c(c3)CCC4)ccc21. The van der Waals surface area contributed by atoms with E-state index in [4.69, 9.17) is 0 Å². The van der Waals surface area contributed by atoms with Gasteiger partial charge in [0.25, 0.3) is 0 Å². The monoisotopic (exact) mass is 398 g/mol. The Labute approximate surface area is 166 Å². The van der Waals surface area contributed by atoms with Gasteiger partial charge >= 0.3 is 0 Å². The smallest absolute Gasteiger partial charge is 0.241 e. The van der Waals surface area contributed by atoms with Crippen molar-refractivity contribution in [3.8, 4) is 0 Å². The number of hydrogen-bond acceptors (Lipinski definition) is 3. The van der Waals surface area contributed by atoms with Crippen LogP contribution in [0.2, 0.25) is 0 Å². The molecule has 0 aromatic heterocycles. The van der Waals surface area contributed by atoms with Gasteiger partial charge in [-0.3, -0.25) is 4.79 Å². The molecule has 2 aromatic carbocycles. The molecule has 0 saturated heterocycles. The number of nitrogens with one attached hydrogen (secondary N) is 1. The minimum Gasteiger partial charge on any atom is -0.312 e. The third kappa shape index (κ3) is 3.47. The molecule has 0 unspecified atom stereocenters. The van der Waals surface area contributed by atoms with Crippen LogP contribution < -0.4 is 9.62 Å². The maximum Gasteiger partial charge on any atom is 0.241 e. The first kappa shape index (κ1) is 19.2. The topological polar surface area (TPSA) is 66.5 Å². The lowest BCUT2D eigenvalue weighted by molar-refractivity contribution is -0.118. The summed E-state index contributed by atoms with van der Waals surface area (Å²) >= 11 is 0. The van der Waals surface area contributed by atoms with Gasteiger partial charge in [-0.15, -0.1) is 0 Å². The molecule has 6 heteroatoms. The van der Waals surface area contributed by atoms with Gasteiger partial charge in [0.1, 0.15) is 0 Å². The Morgan fingerprint density at radius 3 is 2.64 bits per heavy atom. The van der Waals surface area contributed by atoms with E-state index < -0.39 is 10.0 Å². The van der Waals surface area contributed by atoms with Gasteiger partial charge < -0.3 is 4.90 Å². The van der Waals surface area contributed by atoms with Crippen molar-refractivity contribution in [2.24, 2.45) is 0 Å². The van der Waals surface area contributed by atoms with Crippen LogP contribution >= 0.6 is 0 Å². The number of anilines is 1. The van der Waals surface area contributed by atoms with E-state index in [9.17, 15) is 13.2 Å². The van der Waals surface area contributed by atoms with Crippen LogP contribution in [0.25, 0.3) is 0 Å². The molecule has 0 bridgehead atoms. The summed E-state index contributed by atoms with van der Waals surface area (Å²) in [5.74, 6) is 0.0673. The van der Waals surface area contributed by atoms with E-state index in [1.165, 1.54) is 17.5 Å². The second kappa shape index (κ2) is 7.33. The van der Waals surface area contributed by atoms with Crippen LogP contribution in [0.1, 0.15) is 55.0 Å². The largest absolute Gasteiger partial charge is 0.312 e. The van der Waals surface area contributed by atoms with Crippen LogP contribution in [0, 0.1) is 0 Å². The summed E-state index contributed by atoms with van der Waals surface area (Å²) in [5, 5.41) is 0. The fourth-order valence-corrected chi connectivity index (χ4v) is 5.51. The van der Waals surface area contributed by atoms with E-state index in [0.29, 0.717) is 19.4 Å². The summed E-state index contributed by atoms with van der Waals surface area (Å²) in [6, 6.07) is 11.0. The zero-order valence-corrected chi connectivity index (χ0v) is 17.2. The molecule has 4 rings (SSSR count). The first-order valence-corrected chi connectivity index (χ1v) is 11.4. The Bertz CT molecular complexity index is 1030. The first-order valence-electron chi connectivity index (χ1n) is 9.96. The molecule has 148 valence electrons.